The number of Topliss-reactive ketones (excluding diaryl/α,β-unsaturated/α-hetero) is 1. The van der Waals surface area contributed by atoms with Crippen LogP contribution in [0.25, 0.3) is 0 Å². The molecular formula is C11H14BrNO. The monoisotopic (exact) mass is 255 g/mol. The van der Waals surface area contributed by atoms with Crippen molar-refractivity contribution in [2.45, 2.75) is 20.8 Å². The second-order valence-corrected chi connectivity index (χ2v) is 4.59. The Morgan fingerprint density at radius 3 is 2.57 bits per heavy atom. The van der Waals surface area contributed by atoms with Gasteiger partial charge < -0.3 is 0 Å². The fourth-order valence-corrected chi connectivity index (χ4v) is 1.54. The molecule has 76 valence electrons. The molecule has 1 atom stereocenters. The summed E-state index contributed by atoms with van der Waals surface area (Å²) in [5, 5.41) is 0. The lowest BCUT2D eigenvalue weighted by Gasteiger charge is -2.13. The van der Waals surface area contributed by atoms with E-state index in [4.69, 9.17) is 0 Å². The minimum Gasteiger partial charge on any atom is -0.292 e. The lowest BCUT2D eigenvalue weighted by atomic mass is 9.92. The smallest absolute Gasteiger partial charge is 0.185 e. The molecule has 0 aliphatic rings. The van der Waals surface area contributed by atoms with E-state index < -0.39 is 0 Å². The molecule has 0 spiro atoms. The van der Waals surface area contributed by atoms with Gasteiger partial charge in [-0.05, 0) is 34.0 Å². The Hall–Kier alpha value is -0.700. The number of ketones is 1. The maximum absolute atomic E-state index is 11.9. The number of hydrogen-bond acceptors (Lipinski definition) is 2. The van der Waals surface area contributed by atoms with E-state index in [0.717, 1.165) is 4.47 Å². The normalized spacial score (nSPS) is 12.9. The van der Waals surface area contributed by atoms with E-state index in [1.165, 1.54) is 0 Å². The number of nitrogens with zero attached hydrogens (tertiary/aromatic N) is 1. The van der Waals surface area contributed by atoms with Crippen molar-refractivity contribution in [2.24, 2.45) is 11.8 Å². The molecule has 0 saturated heterocycles. The fraction of sp³-hybridized carbons (Fsp3) is 0.455. The molecule has 0 saturated carbocycles. The Morgan fingerprint density at radius 1 is 1.43 bits per heavy atom. The molecule has 0 aliphatic carbocycles. The number of carbonyl (C=O) groups excluding carboxylic acids is 1. The van der Waals surface area contributed by atoms with E-state index in [-0.39, 0.29) is 11.7 Å². The topological polar surface area (TPSA) is 30.0 Å². The predicted octanol–water partition coefficient (Wildman–Crippen LogP) is 3.32. The summed E-state index contributed by atoms with van der Waals surface area (Å²) in [5.41, 5.74) is 0.536. The van der Waals surface area contributed by atoms with Gasteiger partial charge in [0.2, 0.25) is 0 Å². The summed E-state index contributed by atoms with van der Waals surface area (Å²) >= 11 is 3.33. The molecule has 3 heteroatoms. The molecule has 0 bridgehead atoms. The molecule has 0 N–H and O–H groups in total. The first-order valence-corrected chi connectivity index (χ1v) is 5.48. The summed E-state index contributed by atoms with van der Waals surface area (Å²) in [7, 11) is 0. The van der Waals surface area contributed by atoms with Crippen molar-refractivity contribution in [1.29, 1.82) is 0 Å². The van der Waals surface area contributed by atoms with Crippen LogP contribution in [-0.4, -0.2) is 10.8 Å². The molecule has 1 aromatic rings. The SMILES string of the molecule is CC(C)C(C)C(=O)c1ncccc1Br. The quantitative estimate of drug-likeness (QED) is 0.776. The molecule has 0 amide bonds. The summed E-state index contributed by atoms with van der Waals surface area (Å²) in [6, 6.07) is 3.65. The highest BCUT2D eigenvalue weighted by atomic mass is 79.9. The van der Waals surface area contributed by atoms with Gasteiger partial charge in [-0.25, -0.2) is 0 Å². The van der Waals surface area contributed by atoms with Gasteiger partial charge in [0, 0.05) is 16.6 Å². The number of carbonyl (C=O) groups is 1. The second-order valence-electron chi connectivity index (χ2n) is 3.73. The number of rotatable bonds is 3. The van der Waals surface area contributed by atoms with Gasteiger partial charge in [0.25, 0.3) is 0 Å². The summed E-state index contributed by atoms with van der Waals surface area (Å²) in [5.74, 6) is 0.463. The third kappa shape index (κ3) is 2.41. The van der Waals surface area contributed by atoms with Gasteiger partial charge in [-0.1, -0.05) is 20.8 Å². The largest absolute Gasteiger partial charge is 0.292 e. The van der Waals surface area contributed by atoms with Crippen LogP contribution in [0.3, 0.4) is 0 Å². The van der Waals surface area contributed by atoms with E-state index in [1.807, 2.05) is 26.8 Å². The number of halogens is 1. The average molecular weight is 256 g/mol. The Labute approximate surface area is 92.9 Å². The van der Waals surface area contributed by atoms with Gasteiger partial charge in [-0.3, -0.25) is 9.78 Å². The zero-order valence-corrected chi connectivity index (χ0v) is 10.2. The third-order valence-corrected chi connectivity index (χ3v) is 3.05. The van der Waals surface area contributed by atoms with Gasteiger partial charge in [-0.15, -0.1) is 0 Å². The van der Waals surface area contributed by atoms with Gasteiger partial charge in [0.1, 0.15) is 5.69 Å². The summed E-state index contributed by atoms with van der Waals surface area (Å²) in [6.07, 6.45) is 1.64. The predicted molar refractivity (Wildman–Crippen MR) is 60.3 cm³/mol. The van der Waals surface area contributed by atoms with Crippen molar-refractivity contribution in [3.8, 4) is 0 Å². The van der Waals surface area contributed by atoms with E-state index in [9.17, 15) is 4.79 Å². The standard InChI is InChI=1S/C11H14BrNO/c1-7(2)8(3)11(14)10-9(12)5-4-6-13-10/h4-8H,1-3H3. The van der Waals surface area contributed by atoms with Crippen LogP contribution in [0.4, 0.5) is 0 Å². The van der Waals surface area contributed by atoms with Crippen LogP contribution in [0.5, 0.6) is 0 Å². The minimum atomic E-state index is 0.0150. The Morgan fingerprint density at radius 2 is 2.07 bits per heavy atom. The first-order chi connectivity index (χ1) is 6.54. The molecule has 0 aliphatic heterocycles. The van der Waals surface area contributed by atoms with Crippen LogP contribution in [0.15, 0.2) is 22.8 Å². The average Bonchev–Trinajstić information content (AvgIpc) is 2.16. The lowest BCUT2D eigenvalue weighted by Crippen LogP contribution is -2.18. The molecule has 1 unspecified atom stereocenters. The van der Waals surface area contributed by atoms with Crippen molar-refractivity contribution in [1.82, 2.24) is 4.98 Å². The van der Waals surface area contributed by atoms with Crippen LogP contribution in [0, 0.1) is 11.8 Å². The maximum Gasteiger partial charge on any atom is 0.185 e. The van der Waals surface area contributed by atoms with Crippen molar-refractivity contribution in [3.63, 3.8) is 0 Å². The summed E-state index contributed by atoms with van der Waals surface area (Å²) in [6.45, 7) is 6.02. The highest BCUT2D eigenvalue weighted by molar-refractivity contribution is 9.10. The van der Waals surface area contributed by atoms with Crippen LogP contribution in [-0.2, 0) is 0 Å². The van der Waals surface area contributed by atoms with Crippen molar-refractivity contribution >= 4 is 21.7 Å². The Bertz CT molecular complexity index is 336. The first-order valence-electron chi connectivity index (χ1n) is 4.68. The van der Waals surface area contributed by atoms with Crippen molar-refractivity contribution in [2.75, 3.05) is 0 Å². The first kappa shape index (κ1) is 11.4. The van der Waals surface area contributed by atoms with E-state index in [1.54, 1.807) is 12.3 Å². The molecule has 1 heterocycles. The molecule has 0 aromatic carbocycles. The van der Waals surface area contributed by atoms with Gasteiger partial charge >= 0.3 is 0 Å². The highest BCUT2D eigenvalue weighted by Crippen LogP contribution is 2.20. The van der Waals surface area contributed by atoms with Crippen LogP contribution < -0.4 is 0 Å². The zero-order chi connectivity index (χ0) is 10.7. The Balaban J connectivity index is 2.95. The van der Waals surface area contributed by atoms with Crippen molar-refractivity contribution < 1.29 is 4.79 Å². The molecule has 0 fully saturated rings. The highest BCUT2D eigenvalue weighted by Gasteiger charge is 2.21. The molecule has 0 radical (unpaired) electrons. The number of hydrogen-bond donors (Lipinski definition) is 0. The number of aromatic nitrogens is 1. The van der Waals surface area contributed by atoms with Gasteiger partial charge in [-0.2, -0.15) is 0 Å². The molecular weight excluding hydrogens is 242 g/mol. The second kappa shape index (κ2) is 4.69. The summed E-state index contributed by atoms with van der Waals surface area (Å²) < 4.78 is 0.775. The van der Waals surface area contributed by atoms with E-state index in [0.29, 0.717) is 11.6 Å². The molecule has 2 nitrogen and oxygen atoms in total. The van der Waals surface area contributed by atoms with Crippen molar-refractivity contribution in [3.05, 3.63) is 28.5 Å². The maximum atomic E-state index is 11.9. The number of pyridine rings is 1. The van der Waals surface area contributed by atoms with Gasteiger partial charge in [0.15, 0.2) is 5.78 Å². The molecule has 1 aromatic heterocycles. The van der Waals surface area contributed by atoms with Crippen LogP contribution >= 0.6 is 15.9 Å². The van der Waals surface area contributed by atoms with E-state index in [2.05, 4.69) is 20.9 Å². The minimum absolute atomic E-state index is 0.0150. The third-order valence-electron chi connectivity index (χ3n) is 2.41. The van der Waals surface area contributed by atoms with Gasteiger partial charge in [0.05, 0.1) is 0 Å². The van der Waals surface area contributed by atoms with E-state index >= 15 is 0 Å². The lowest BCUT2D eigenvalue weighted by molar-refractivity contribution is 0.0893. The zero-order valence-electron chi connectivity index (χ0n) is 8.62. The Kier molecular flexibility index (Phi) is 3.81. The molecule has 14 heavy (non-hydrogen) atoms. The van der Waals surface area contributed by atoms with Crippen LogP contribution in [0.1, 0.15) is 31.3 Å². The fourth-order valence-electron chi connectivity index (χ4n) is 1.09. The summed E-state index contributed by atoms with van der Waals surface area (Å²) in [4.78, 5) is 16.0. The van der Waals surface area contributed by atoms with Crippen LogP contribution in [0.2, 0.25) is 0 Å². The molecule has 1 rings (SSSR count).